The van der Waals surface area contributed by atoms with Crippen molar-refractivity contribution in [3.8, 4) is 17.2 Å². The van der Waals surface area contributed by atoms with E-state index in [1.807, 2.05) is 37.1 Å². The Morgan fingerprint density at radius 1 is 1.25 bits per heavy atom. The van der Waals surface area contributed by atoms with E-state index in [0.29, 0.717) is 17.9 Å². The minimum atomic E-state index is 0.0223. The molecule has 0 unspecified atom stereocenters. The van der Waals surface area contributed by atoms with E-state index >= 15 is 0 Å². The fraction of sp³-hybridized carbons (Fsp3) is 0.273. The highest BCUT2D eigenvalue weighted by molar-refractivity contribution is 5.97. The fourth-order valence-corrected chi connectivity index (χ4v) is 3.74. The topological polar surface area (TPSA) is 83.0 Å². The second kappa shape index (κ2) is 7.28. The zero-order valence-electron chi connectivity index (χ0n) is 15.9. The standard InChI is InChI=1S/C22H20N4O2/c1-14-19(15(2)28-25-14)10-22(27)26-9-3-4-18-20(12-24-13-21(18)26)17-7-5-16(11-23)6-8-17/h5-8,12-13H,3-4,9-10H2,1-2H3. The van der Waals surface area contributed by atoms with Gasteiger partial charge in [0.25, 0.3) is 0 Å². The van der Waals surface area contributed by atoms with Crippen LogP contribution >= 0.6 is 0 Å². The summed E-state index contributed by atoms with van der Waals surface area (Å²) in [6.45, 7) is 4.36. The zero-order chi connectivity index (χ0) is 19.7. The molecule has 1 aromatic carbocycles. The molecule has 4 rings (SSSR count). The van der Waals surface area contributed by atoms with Crippen molar-refractivity contribution in [1.29, 1.82) is 5.26 Å². The van der Waals surface area contributed by atoms with E-state index in [0.717, 1.165) is 46.5 Å². The van der Waals surface area contributed by atoms with Gasteiger partial charge in [0.15, 0.2) is 0 Å². The van der Waals surface area contributed by atoms with Gasteiger partial charge in [0.2, 0.25) is 5.91 Å². The number of nitrogens with zero attached hydrogens (tertiary/aromatic N) is 4. The number of aryl methyl sites for hydroxylation is 2. The average molecular weight is 372 g/mol. The van der Waals surface area contributed by atoms with E-state index in [9.17, 15) is 4.79 Å². The van der Waals surface area contributed by atoms with Crippen LogP contribution in [0.5, 0.6) is 0 Å². The van der Waals surface area contributed by atoms with E-state index in [-0.39, 0.29) is 12.3 Å². The lowest BCUT2D eigenvalue weighted by atomic mass is 9.93. The Kier molecular flexibility index (Phi) is 4.66. The van der Waals surface area contributed by atoms with Gasteiger partial charge in [-0.05, 0) is 49.9 Å². The number of rotatable bonds is 3. The molecular formula is C22H20N4O2. The SMILES string of the molecule is Cc1noc(C)c1CC(=O)N1CCCc2c(-c3ccc(C#N)cc3)cncc21. The van der Waals surface area contributed by atoms with Crippen molar-refractivity contribution in [2.24, 2.45) is 0 Å². The Balaban J connectivity index is 1.68. The lowest BCUT2D eigenvalue weighted by molar-refractivity contribution is -0.118. The van der Waals surface area contributed by atoms with E-state index in [4.69, 9.17) is 9.78 Å². The molecule has 1 amide bonds. The molecule has 0 atom stereocenters. The zero-order valence-corrected chi connectivity index (χ0v) is 15.9. The number of amides is 1. The second-order valence-corrected chi connectivity index (χ2v) is 7.00. The van der Waals surface area contributed by atoms with Crippen molar-refractivity contribution < 1.29 is 9.32 Å². The molecule has 0 aliphatic carbocycles. The van der Waals surface area contributed by atoms with Crippen LogP contribution in [0.3, 0.4) is 0 Å². The van der Waals surface area contributed by atoms with Gasteiger partial charge in [0.1, 0.15) is 5.76 Å². The van der Waals surface area contributed by atoms with E-state index < -0.39 is 0 Å². The van der Waals surface area contributed by atoms with Crippen LogP contribution in [0.1, 0.15) is 34.6 Å². The van der Waals surface area contributed by atoms with Gasteiger partial charge < -0.3 is 9.42 Å². The highest BCUT2D eigenvalue weighted by Crippen LogP contribution is 2.35. The van der Waals surface area contributed by atoms with Gasteiger partial charge in [-0.25, -0.2) is 0 Å². The van der Waals surface area contributed by atoms with Gasteiger partial charge in [-0.3, -0.25) is 9.78 Å². The number of anilines is 1. The molecule has 3 heterocycles. The first-order chi connectivity index (χ1) is 13.6. The Morgan fingerprint density at radius 3 is 2.71 bits per heavy atom. The van der Waals surface area contributed by atoms with Gasteiger partial charge in [-0.1, -0.05) is 17.3 Å². The number of carbonyl (C=O) groups excluding carboxylic acids is 1. The van der Waals surface area contributed by atoms with E-state index in [1.54, 1.807) is 18.3 Å². The Morgan fingerprint density at radius 2 is 2.04 bits per heavy atom. The quantitative estimate of drug-likeness (QED) is 0.699. The summed E-state index contributed by atoms with van der Waals surface area (Å²) < 4.78 is 5.19. The maximum absolute atomic E-state index is 13.1. The Hall–Kier alpha value is -3.46. The first kappa shape index (κ1) is 17.9. The Bertz CT molecular complexity index is 1060. The van der Waals surface area contributed by atoms with Crippen LogP contribution in [0.2, 0.25) is 0 Å². The number of carbonyl (C=O) groups is 1. The largest absolute Gasteiger partial charge is 0.361 e. The molecule has 1 aliphatic heterocycles. The van der Waals surface area contributed by atoms with Crippen LogP contribution in [0.25, 0.3) is 11.1 Å². The highest BCUT2D eigenvalue weighted by atomic mass is 16.5. The third kappa shape index (κ3) is 3.16. The van der Waals surface area contributed by atoms with Crippen LogP contribution in [-0.2, 0) is 17.6 Å². The van der Waals surface area contributed by atoms with Crippen molar-refractivity contribution in [2.45, 2.75) is 33.1 Å². The van der Waals surface area contributed by atoms with Gasteiger partial charge in [-0.15, -0.1) is 0 Å². The number of aromatic nitrogens is 2. The van der Waals surface area contributed by atoms with E-state index in [1.165, 1.54) is 0 Å². The molecule has 1 aliphatic rings. The van der Waals surface area contributed by atoms with Crippen LogP contribution in [0.15, 0.2) is 41.2 Å². The molecule has 140 valence electrons. The van der Waals surface area contributed by atoms with Crippen molar-refractivity contribution in [2.75, 3.05) is 11.4 Å². The summed E-state index contributed by atoms with van der Waals surface area (Å²) in [5, 5.41) is 13.0. The molecule has 6 nitrogen and oxygen atoms in total. The number of nitriles is 1. The summed E-state index contributed by atoms with van der Waals surface area (Å²) in [4.78, 5) is 19.3. The van der Waals surface area contributed by atoms with E-state index in [2.05, 4.69) is 16.2 Å². The normalized spacial score (nSPS) is 13.1. The molecule has 28 heavy (non-hydrogen) atoms. The van der Waals surface area contributed by atoms with Crippen LogP contribution < -0.4 is 4.90 Å². The van der Waals surface area contributed by atoms with Crippen LogP contribution in [0, 0.1) is 25.2 Å². The van der Waals surface area contributed by atoms with Crippen molar-refractivity contribution in [3.63, 3.8) is 0 Å². The Labute approximate surface area is 163 Å². The van der Waals surface area contributed by atoms with Gasteiger partial charge in [0.05, 0.1) is 35.6 Å². The predicted octanol–water partition coefficient (Wildman–Crippen LogP) is 3.75. The monoisotopic (exact) mass is 372 g/mol. The van der Waals surface area contributed by atoms with Crippen molar-refractivity contribution in [1.82, 2.24) is 10.1 Å². The van der Waals surface area contributed by atoms with Gasteiger partial charge in [0, 0.05) is 23.9 Å². The number of hydrogen-bond donors (Lipinski definition) is 0. The predicted molar refractivity (Wildman–Crippen MR) is 105 cm³/mol. The second-order valence-electron chi connectivity index (χ2n) is 7.00. The molecule has 0 bridgehead atoms. The number of fused-ring (bicyclic) bond motifs is 1. The van der Waals surface area contributed by atoms with Crippen LogP contribution in [-0.4, -0.2) is 22.6 Å². The van der Waals surface area contributed by atoms with Crippen molar-refractivity contribution in [3.05, 3.63) is 64.8 Å². The molecule has 3 aromatic rings. The first-order valence-electron chi connectivity index (χ1n) is 9.28. The summed E-state index contributed by atoms with van der Waals surface area (Å²) in [5.41, 5.74) is 6.24. The number of benzene rings is 1. The minimum absolute atomic E-state index is 0.0223. The minimum Gasteiger partial charge on any atom is -0.361 e. The van der Waals surface area contributed by atoms with Crippen molar-refractivity contribution >= 4 is 11.6 Å². The number of hydrogen-bond acceptors (Lipinski definition) is 5. The molecule has 0 N–H and O–H groups in total. The molecule has 0 fully saturated rings. The summed E-state index contributed by atoms with van der Waals surface area (Å²) in [7, 11) is 0. The average Bonchev–Trinajstić information content (AvgIpc) is 3.05. The maximum atomic E-state index is 13.1. The fourth-order valence-electron chi connectivity index (χ4n) is 3.74. The number of pyridine rings is 1. The summed E-state index contributed by atoms with van der Waals surface area (Å²) in [6, 6.07) is 9.61. The molecule has 0 spiro atoms. The molecular weight excluding hydrogens is 352 g/mol. The van der Waals surface area contributed by atoms with Crippen LogP contribution in [0.4, 0.5) is 5.69 Å². The third-order valence-corrected chi connectivity index (χ3v) is 5.27. The summed E-state index contributed by atoms with van der Waals surface area (Å²) in [6.07, 6.45) is 5.66. The van der Waals surface area contributed by atoms with Gasteiger partial charge in [-0.2, -0.15) is 5.26 Å². The lowest BCUT2D eigenvalue weighted by Crippen LogP contribution is -2.37. The highest BCUT2D eigenvalue weighted by Gasteiger charge is 2.26. The lowest BCUT2D eigenvalue weighted by Gasteiger charge is -2.30. The molecule has 0 saturated carbocycles. The first-order valence-corrected chi connectivity index (χ1v) is 9.28. The summed E-state index contributed by atoms with van der Waals surface area (Å²) in [5.74, 6) is 0.710. The molecule has 0 saturated heterocycles. The summed E-state index contributed by atoms with van der Waals surface area (Å²) >= 11 is 0. The molecule has 2 aromatic heterocycles. The third-order valence-electron chi connectivity index (χ3n) is 5.27. The molecule has 6 heteroatoms. The molecule has 0 radical (unpaired) electrons. The maximum Gasteiger partial charge on any atom is 0.231 e. The van der Waals surface area contributed by atoms with Gasteiger partial charge >= 0.3 is 0 Å². The smallest absolute Gasteiger partial charge is 0.231 e.